The van der Waals surface area contributed by atoms with E-state index in [2.05, 4.69) is 36.0 Å². The minimum Gasteiger partial charge on any atom is -0.500 e. The Bertz CT molecular complexity index is 819. The van der Waals surface area contributed by atoms with Crippen LogP contribution in [0.4, 0.5) is 0 Å². The summed E-state index contributed by atoms with van der Waals surface area (Å²) >= 11 is 7.97. The number of halogens is 1. The van der Waals surface area contributed by atoms with Gasteiger partial charge in [0.2, 0.25) is 0 Å². The summed E-state index contributed by atoms with van der Waals surface area (Å²) in [5.41, 5.74) is 4.15. The van der Waals surface area contributed by atoms with Gasteiger partial charge in [-0.15, -0.1) is 11.3 Å². The molecule has 3 aromatic rings. The number of ether oxygens (including phenoxy) is 1. The lowest BCUT2D eigenvalue weighted by Gasteiger charge is -2.07. The van der Waals surface area contributed by atoms with Crippen molar-refractivity contribution in [2.45, 2.75) is 13.5 Å². The van der Waals surface area contributed by atoms with Crippen LogP contribution < -0.4 is 0 Å². The van der Waals surface area contributed by atoms with Crippen molar-refractivity contribution < 1.29 is 4.74 Å². The van der Waals surface area contributed by atoms with Crippen molar-refractivity contribution in [2.75, 3.05) is 7.11 Å². The maximum atomic E-state index is 6.26. The smallest absolute Gasteiger partial charge is 0.108 e. The average Bonchev–Trinajstić information content (AvgIpc) is 3.03. The van der Waals surface area contributed by atoms with Crippen molar-refractivity contribution in [3.8, 4) is 10.4 Å². The standard InChI is InChI=1S/C16H15ClN2OS/c1-10-4-15(21-9-10)12-5-14-16(18-6-12)13(17)8-19(14)7-11(2)20-3/h4-6,8-9H,2,7H2,1,3H3. The number of thiophene rings is 1. The van der Waals surface area contributed by atoms with Crippen molar-refractivity contribution in [3.05, 3.63) is 52.8 Å². The zero-order valence-corrected chi connectivity index (χ0v) is 13.5. The number of allylic oxidation sites excluding steroid dienone is 1. The summed E-state index contributed by atoms with van der Waals surface area (Å²) in [7, 11) is 1.62. The first kappa shape index (κ1) is 14.2. The van der Waals surface area contributed by atoms with E-state index in [0.717, 1.165) is 16.6 Å². The Labute approximate surface area is 132 Å². The van der Waals surface area contributed by atoms with Gasteiger partial charge in [0.05, 0.1) is 24.2 Å². The van der Waals surface area contributed by atoms with Gasteiger partial charge in [0.15, 0.2) is 0 Å². The first-order valence-corrected chi connectivity index (χ1v) is 7.76. The van der Waals surface area contributed by atoms with Crippen LogP contribution in [0.2, 0.25) is 5.02 Å². The molecule has 0 amide bonds. The van der Waals surface area contributed by atoms with Gasteiger partial charge in [0.25, 0.3) is 0 Å². The molecule has 0 aliphatic heterocycles. The Balaban J connectivity index is 2.10. The van der Waals surface area contributed by atoms with Crippen molar-refractivity contribution in [3.63, 3.8) is 0 Å². The summed E-state index contributed by atoms with van der Waals surface area (Å²) in [6.07, 6.45) is 3.74. The molecule has 108 valence electrons. The van der Waals surface area contributed by atoms with Crippen LogP contribution in [0.15, 0.2) is 42.2 Å². The summed E-state index contributed by atoms with van der Waals surface area (Å²) in [6.45, 7) is 6.52. The number of pyridine rings is 1. The highest BCUT2D eigenvalue weighted by atomic mass is 35.5. The van der Waals surface area contributed by atoms with Gasteiger partial charge >= 0.3 is 0 Å². The minimum absolute atomic E-state index is 0.564. The zero-order valence-electron chi connectivity index (χ0n) is 11.9. The zero-order chi connectivity index (χ0) is 15.0. The van der Waals surface area contributed by atoms with Crippen LogP contribution in [0.3, 0.4) is 0 Å². The summed E-state index contributed by atoms with van der Waals surface area (Å²) < 4.78 is 7.17. The summed E-state index contributed by atoms with van der Waals surface area (Å²) in [5.74, 6) is 0.681. The number of nitrogens with zero attached hydrogens (tertiary/aromatic N) is 2. The lowest BCUT2D eigenvalue weighted by atomic mass is 10.2. The molecule has 3 nitrogen and oxygen atoms in total. The highest BCUT2D eigenvalue weighted by Crippen LogP contribution is 2.31. The van der Waals surface area contributed by atoms with Gasteiger partial charge < -0.3 is 9.30 Å². The van der Waals surface area contributed by atoms with Crippen molar-refractivity contribution in [1.82, 2.24) is 9.55 Å². The number of fused-ring (bicyclic) bond motifs is 1. The van der Waals surface area contributed by atoms with Gasteiger partial charge in [0, 0.05) is 22.8 Å². The Hall–Kier alpha value is -1.78. The molecular weight excluding hydrogens is 304 g/mol. The fraction of sp³-hybridized carbons (Fsp3) is 0.188. The van der Waals surface area contributed by atoms with Gasteiger partial charge in [-0.3, -0.25) is 4.98 Å². The van der Waals surface area contributed by atoms with Gasteiger partial charge in [-0.1, -0.05) is 18.2 Å². The third-order valence-electron chi connectivity index (χ3n) is 3.32. The fourth-order valence-electron chi connectivity index (χ4n) is 2.23. The number of hydrogen-bond acceptors (Lipinski definition) is 3. The Morgan fingerprint density at radius 1 is 1.48 bits per heavy atom. The number of hydrogen-bond donors (Lipinski definition) is 0. The number of aryl methyl sites for hydroxylation is 1. The molecule has 0 radical (unpaired) electrons. The van der Waals surface area contributed by atoms with Gasteiger partial charge in [-0.05, 0) is 30.0 Å². The predicted octanol–water partition coefficient (Wildman–Crippen LogP) is 4.89. The van der Waals surface area contributed by atoms with Crippen molar-refractivity contribution in [2.24, 2.45) is 0 Å². The highest BCUT2D eigenvalue weighted by Gasteiger charge is 2.11. The van der Waals surface area contributed by atoms with E-state index in [9.17, 15) is 0 Å². The molecule has 0 aliphatic rings. The normalized spacial score (nSPS) is 11.0. The quantitative estimate of drug-likeness (QED) is 0.641. The van der Waals surface area contributed by atoms with Gasteiger partial charge in [-0.25, -0.2) is 0 Å². The molecule has 5 heteroatoms. The van der Waals surface area contributed by atoms with Crippen LogP contribution in [0.25, 0.3) is 21.5 Å². The van der Waals surface area contributed by atoms with E-state index < -0.39 is 0 Å². The van der Waals surface area contributed by atoms with Gasteiger partial charge in [-0.2, -0.15) is 0 Å². The SMILES string of the molecule is C=C(Cn1cc(Cl)c2ncc(-c3cc(C)cs3)cc21)OC. The number of aromatic nitrogens is 2. The van der Waals surface area contributed by atoms with Crippen LogP contribution in [-0.4, -0.2) is 16.7 Å². The topological polar surface area (TPSA) is 27.1 Å². The van der Waals surface area contributed by atoms with Crippen LogP contribution in [-0.2, 0) is 11.3 Å². The molecule has 0 atom stereocenters. The molecular formula is C16H15ClN2OS. The van der Waals surface area contributed by atoms with Crippen LogP contribution in [0.5, 0.6) is 0 Å². The molecule has 3 heterocycles. The van der Waals surface area contributed by atoms with E-state index in [1.54, 1.807) is 18.4 Å². The third-order valence-corrected chi connectivity index (χ3v) is 4.70. The molecule has 3 rings (SSSR count). The maximum absolute atomic E-state index is 6.26. The maximum Gasteiger partial charge on any atom is 0.108 e. The molecule has 0 fully saturated rings. The highest BCUT2D eigenvalue weighted by molar-refractivity contribution is 7.13. The second-order valence-corrected chi connectivity index (χ2v) is 6.25. The molecule has 0 aromatic carbocycles. The third kappa shape index (κ3) is 2.69. The number of methoxy groups -OCH3 is 1. The van der Waals surface area contributed by atoms with E-state index in [0.29, 0.717) is 17.3 Å². The molecule has 0 spiro atoms. The molecule has 21 heavy (non-hydrogen) atoms. The van der Waals surface area contributed by atoms with Crippen LogP contribution in [0, 0.1) is 6.92 Å². The average molecular weight is 319 g/mol. The van der Waals surface area contributed by atoms with E-state index in [-0.39, 0.29) is 0 Å². The fourth-order valence-corrected chi connectivity index (χ4v) is 3.37. The predicted molar refractivity (Wildman–Crippen MR) is 88.9 cm³/mol. The molecule has 0 saturated carbocycles. The lowest BCUT2D eigenvalue weighted by Crippen LogP contribution is -2.00. The Kier molecular flexibility index (Phi) is 3.74. The first-order valence-electron chi connectivity index (χ1n) is 6.50. The molecule has 0 bridgehead atoms. The molecule has 0 N–H and O–H groups in total. The van der Waals surface area contributed by atoms with Crippen molar-refractivity contribution in [1.29, 1.82) is 0 Å². The van der Waals surface area contributed by atoms with Gasteiger partial charge in [0.1, 0.15) is 11.3 Å². The molecule has 0 aliphatic carbocycles. The van der Waals surface area contributed by atoms with Crippen molar-refractivity contribution >= 4 is 34.0 Å². The van der Waals surface area contributed by atoms with E-state index in [1.165, 1.54) is 10.4 Å². The molecule has 3 aromatic heterocycles. The van der Waals surface area contributed by atoms with Crippen LogP contribution in [0.1, 0.15) is 5.56 Å². The Morgan fingerprint density at radius 3 is 2.95 bits per heavy atom. The molecule has 0 unspecified atom stereocenters. The molecule has 0 saturated heterocycles. The first-order chi connectivity index (χ1) is 10.1. The second kappa shape index (κ2) is 5.54. The second-order valence-electron chi connectivity index (χ2n) is 4.93. The van der Waals surface area contributed by atoms with E-state index in [4.69, 9.17) is 16.3 Å². The summed E-state index contributed by atoms with van der Waals surface area (Å²) in [5, 5.41) is 2.78. The monoisotopic (exact) mass is 318 g/mol. The van der Waals surface area contributed by atoms with E-state index >= 15 is 0 Å². The largest absolute Gasteiger partial charge is 0.500 e. The Morgan fingerprint density at radius 2 is 2.29 bits per heavy atom. The lowest BCUT2D eigenvalue weighted by molar-refractivity contribution is 0.273. The minimum atomic E-state index is 0.564. The van der Waals surface area contributed by atoms with Crippen LogP contribution >= 0.6 is 22.9 Å². The number of rotatable bonds is 4. The summed E-state index contributed by atoms with van der Waals surface area (Å²) in [4.78, 5) is 5.71. The summed E-state index contributed by atoms with van der Waals surface area (Å²) in [6, 6.07) is 4.28. The van der Waals surface area contributed by atoms with E-state index in [1.807, 2.05) is 17.0 Å².